The summed E-state index contributed by atoms with van der Waals surface area (Å²) in [6.07, 6.45) is 8.40. The van der Waals surface area contributed by atoms with Gasteiger partial charge in [-0.15, -0.1) is 12.4 Å². The maximum absolute atomic E-state index is 12.9. The van der Waals surface area contributed by atoms with Crippen LogP contribution in [-0.2, 0) is 10.2 Å². The predicted molar refractivity (Wildman–Crippen MR) is 88.8 cm³/mol. The highest BCUT2D eigenvalue weighted by molar-refractivity contribution is 7.86. The Labute approximate surface area is 135 Å². The Morgan fingerprint density at radius 3 is 2.24 bits per heavy atom. The van der Waals surface area contributed by atoms with Crippen LogP contribution in [0.5, 0.6) is 0 Å². The van der Waals surface area contributed by atoms with Crippen molar-refractivity contribution in [3.05, 3.63) is 0 Å². The van der Waals surface area contributed by atoms with Crippen LogP contribution < -0.4 is 5.73 Å². The molecule has 5 nitrogen and oxygen atoms in total. The minimum absolute atomic E-state index is 0. The summed E-state index contributed by atoms with van der Waals surface area (Å²) in [7, 11) is -1.62. The average molecular weight is 340 g/mol. The van der Waals surface area contributed by atoms with Crippen molar-refractivity contribution < 1.29 is 8.42 Å². The second-order valence-corrected chi connectivity index (χ2v) is 8.29. The fraction of sp³-hybridized carbons (Fsp3) is 1.00. The first-order chi connectivity index (χ1) is 9.44. The van der Waals surface area contributed by atoms with Gasteiger partial charge in [0.1, 0.15) is 0 Å². The highest BCUT2D eigenvalue weighted by Crippen LogP contribution is 2.28. The molecule has 0 amide bonds. The van der Waals surface area contributed by atoms with Gasteiger partial charge in [0, 0.05) is 31.7 Å². The average Bonchev–Trinajstić information content (AvgIpc) is 2.47. The Morgan fingerprint density at radius 1 is 1.10 bits per heavy atom. The maximum atomic E-state index is 12.9. The molecule has 0 spiro atoms. The highest BCUT2D eigenvalue weighted by Gasteiger charge is 2.39. The third-order valence-corrected chi connectivity index (χ3v) is 6.93. The van der Waals surface area contributed by atoms with E-state index in [1.165, 1.54) is 6.42 Å². The molecule has 0 bridgehead atoms. The Morgan fingerprint density at radius 2 is 1.67 bits per heavy atom. The molecule has 1 saturated heterocycles. The van der Waals surface area contributed by atoms with E-state index < -0.39 is 10.2 Å². The van der Waals surface area contributed by atoms with Gasteiger partial charge in [0.2, 0.25) is 0 Å². The van der Waals surface area contributed by atoms with Crippen molar-refractivity contribution in [1.82, 2.24) is 8.61 Å². The monoisotopic (exact) mass is 339 g/mol. The van der Waals surface area contributed by atoms with Crippen molar-refractivity contribution in [3.63, 3.8) is 0 Å². The minimum Gasteiger partial charge on any atom is -0.326 e. The third-order valence-electron chi connectivity index (χ3n) is 4.85. The van der Waals surface area contributed by atoms with Crippen molar-refractivity contribution in [2.75, 3.05) is 13.6 Å². The largest absolute Gasteiger partial charge is 0.326 e. The van der Waals surface area contributed by atoms with Crippen molar-refractivity contribution in [3.8, 4) is 0 Å². The van der Waals surface area contributed by atoms with Crippen LogP contribution in [0, 0.1) is 0 Å². The second-order valence-electron chi connectivity index (χ2n) is 6.35. The summed E-state index contributed by atoms with van der Waals surface area (Å²) in [4.78, 5) is 0. The lowest BCUT2D eigenvalue weighted by molar-refractivity contribution is 0.197. The summed E-state index contributed by atoms with van der Waals surface area (Å²) < 4.78 is 29.1. The maximum Gasteiger partial charge on any atom is 0.282 e. The number of rotatable bonds is 4. The SMILES string of the molecule is CC(N)C1CCCCN1S(=O)(=O)N(C)C1CCCCC1.Cl. The topological polar surface area (TPSA) is 66.6 Å². The van der Waals surface area contributed by atoms with E-state index >= 15 is 0 Å². The van der Waals surface area contributed by atoms with Crippen LogP contribution in [0.2, 0.25) is 0 Å². The number of piperidine rings is 1. The minimum atomic E-state index is -3.37. The molecule has 21 heavy (non-hydrogen) atoms. The van der Waals surface area contributed by atoms with Gasteiger partial charge in [0.15, 0.2) is 0 Å². The molecule has 1 saturated carbocycles. The molecule has 0 radical (unpaired) electrons. The molecule has 2 aliphatic rings. The molecule has 7 heteroatoms. The summed E-state index contributed by atoms with van der Waals surface area (Å²) in [5.41, 5.74) is 6.01. The molecule has 2 atom stereocenters. The van der Waals surface area contributed by atoms with E-state index in [1.54, 1.807) is 15.7 Å². The normalized spacial score (nSPS) is 27.3. The van der Waals surface area contributed by atoms with Gasteiger partial charge in [0.25, 0.3) is 10.2 Å². The van der Waals surface area contributed by atoms with Crippen molar-refractivity contribution >= 4 is 22.6 Å². The van der Waals surface area contributed by atoms with E-state index in [9.17, 15) is 8.42 Å². The highest BCUT2D eigenvalue weighted by atomic mass is 35.5. The van der Waals surface area contributed by atoms with Gasteiger partial charge in [-0.2, -0.15) is 17.0 Å². The lowest BCUT2D eigenvalue weighted by atomic mass is 9.96. The molecule has 2 N–H and O–H groups in total. The number of hydrogen-bond donors (Lipinski definition) is 1. The summed E-state index contributed by atoms with van der Waals surface area (Å²) in [6.45, 7) is 2.53. The zero-order valence-corrected chi connectivity index (χ0v) is 14.8. The van der Waals surface area contributed by atoms with Gasteiger partial charge >= 0.3 is 0 Å². The van der Waals surface area contributed by atoms with Gasteiger partial charge in [-0.3, -0.25) is 0 Å². The van der Waals surface area contributed by atoms with Gasteiger partial charge < -0.3 is 5.73 Å². The van der Waals surface area contributed by atoms with Gasteiger partial charge in [0.05, 0.1) is 0 Å². The lowest BCUT2D eigenvalue weighted by Crippen LogP contribution is -2.56. The van der Waals surface area contributed by atoms with Crippen molar-refractivity contribution in [1.29, 1.82) is 0 Å². The standard InChI is InChI=1S/C14H29N3O2S.ClH/c1-12(15)14-10-6-7-11-17(14)20(18,19)16(2)13-8-4-3-5-9-13;/h12-14H,3-11,15H2,1-2H3;1H. The molecule has 2 rings (SSSR count). The molecule has 1 heterocycles. The summed E-state index contributed by atoms with van der Waals surface area (Å²) >= 11 is 0. The number of hydrogen-bond acceptors (Lipinski definition) is 3. The first-order valence-electron chi connectivity index (χ1n) is 7.95. The predicted octanol–water partition coefficient (Wildman–Crippen LogP) is 2.12. The second kappa shape index (κ2) is 8.11. The molecule has 2 unspecified atom stereocenters. The molecule has 2 fully saturated rings. The zero-order chi connectivity index (χ0) is 14.8. The van der Waals surface area contributed by atoms with Crippen molar-refractivity contribution in [2.24, 2.45) is 5.73 Å². The Balaban J connectivity index is 0.00000220. The van der Waals surface area contributed by atoms with Crippen LogP contribution in [-0.4, -0.2) is 48.7 Å². The summed E-state index contributed by atoms with van der Waals surface area (Å²) in [6, 6.07) is 0.0222. The molecular weight excluding hydrogens is 310 g/mol. The zero-order valence-electron chi connectivity index (χ0n) is 13.2. The molecule has 1 aliphatic carbocycles. The van der Waals surface area contributed by atoms with Crippen LogP contribution in [0.4, 0.5) is 0 Å². The Kier molecular flexibility index (Phi) is 7.40. The van der Waals surface area contributed by atoms with Crippen LogP contribution in [0.15, 0.2) is 0 Å². The van der Waals surface area contributed by atoms with Gasteiger partial charge in [-0.25, -0.2) is 0 Å². The van der Waals surface area contributed by atoms with Crippen LogP contribution in [0.3, 0.4) is 0 Å². The molecule has 0 aromatic rings. The number of nitrogens with zero attached hydrogens (tertiary/aromatic N) is 2. The first kappa shape index (κ1) is 19.2. The van der Waals surface area contributed by atoms with E-state index in [2.05, 4.69) is 0 Å². The summed E-state index contributed by atoms with van der Waals surface area (Å²) in [5.74, 6) is 0. The van der Waals surface area contributed by atoms with E-state index in [1.807, 2.05) is 6.92 Å². The van der Waals surface area contributed by atoms with Gasteiger partial charge in [-0.1, -0.05) is 25.7 Å². The summed E-state index contributed by atoms with van der Waals surface area (Å²) in [5, 5.41) is 0. The fourth-order valence-electron chi connectivity index (χ4n) is 3.54. The molecule has 0 aromatic heterocycles. The smallest absolute Gasteiger partial charge is 0.282 e. The van der Waals surface area contributed by atoms with Crippen LogP contribution in [0.1, 0.15) is 58.3 Å². The van der Waals surface area contributed by atoms with E-state index in [0.717, 1.165) is 44.9 Å². The first-order valence-corrected chi connectivity index (χ1v) is 9.34. The van der Waals surface area contributed by atoms with E-state index in [0.29, 0.717) is 6.54 Å². The molecule has 126 valence electrons. The van der Waals surface area contributed by atoms with Gasteiger partial charge in [-0.05, 0) is 32.6 Å². The van der Waals surface area contributed by atoms with Crippen molar-refractivity contribution in [2.45, 2.75) is 76.4 Å². The fourth-order valence-corrected chi connectivity index (χ4v) is 5.46. The van der Waals surface area contributed by atoms with Crippen LogP contribution >= 0.6 is 12.4 Å². The lowest BCUT2D eigenvalue weighted by Gasteiger charge is -2.41. The van der Waals surface area contributed by atoms with E-state index in [4.69, 9.17) is 5.73 Å². The molecular formula is C14H30ClN3O2S. The molecule has 1 aliphatic heterocycles. The Bertz CT molecular complexity index is 410. The quantitative estimate of drug-likeness (QED) is 0.853. The number of nitrogens with two attached hydrogens (primary N) is 1. The number of halogens is 1. The van der Waals surface area contributed by atoms with Crippen LogP contribution in [0.25, 0.3) is 0 Å². The molecule has 0 aromatic carbocycles. The third kappa shape index (κ3) is 4.32. The van der Waals surface area contributed by atoms with E-state index in [-0.39, 0.29) is 30.5 Å². The Hall–Kier alpha value is 0.120.